The molecule has 0 saturated heterocycles. The van der Waals surface area contributed by atoms with E-state index in [1.54, 1.807) is 0 Å². The molecule has 0 aromatic carbocycles. The number of unbranched alkanes of at least 4 members (excludes halogenated alkanes) is 10. The Labute approximate surface area is 421 Å². The first kappa shape index (κ1) is 65.1. The maximum absolute atomic E-state index is 12.7. The highest BCUT2D eigenvalue weighted by atomic mass is 31.2. The number of hydrogen-bond acceptors (Lipinski definition) is 7. The molecule has 0 spiro atoms. The summed E-state index contributed by atoms with van der Waals surface area (Å²) in [4.78, 5) is 35.4. The van der Waals surface area contributed by atoms with Crippen LogP contribution in [0, 0.1) is 0 Å². The van der Waals surface area contributed by atoms with Gasteiger partial charge in [-0.2, -0.15) is 0 Å². The molecular formula is C59H97NO8P+. The predicted octanol–water partition coefficient (Wildman–Crippen LogP) is 16.2. The topological polar surface area (TPSA) is 108 Å². The van der Waals surface area contributed by atoms with Gasteiger partial charge in [-0.3, -0.25) is 18.6 Å². The highest BCUT2D eigenvalue weighted by Gasteiger charge is 2.27. The molecule has 0 bridgehead atoms. The highest BCUT2D eigenvalue weighted by molar-refractivity contribution is 7.47. The molecule has 10 heteroatoms. The van der Waals surface area contributed by atoms with Gasteiger partial charge in [0.25, 0.3) is 0 Å². The fourth-order valence-corrected chi connectivity index (χ4v) is 7.08. The van der Waals surface area contributed by atoms with Gasteiger partial charge in [-0.15, -0.1) is 0 Å². The molecule has 0 saturated carbocycles. The van der Waals surface area contributed by atoms with E-state index in [-0.39, 0.29) is 26.1 Å². The number of esters is 2. The van der Waals surface area contributed by atoms with Crippen LogP contribution in [0.2, 0.25) is 0 Å². The number of allylic oxidation sites excluding steroid dienone is 22. The lowest BCUT2D eigenvalue weighted by Gasteiger charge is -2.24. The smallest absolute Gasteiger partial charge is 0.462 e. The fourth-order valence-electron chi connectivity index (χ4n) is 6.34. The Balaban J connectivity index is 4.22. The van der Waals surface area contributed by atoms with E-state index >= 15 is 0 Å². The second-order valence-electron chi connectivity index (χ2n) is 18.2. The average molecular weight is 979 g/mol. The van der Waals surface area contributed by atoms with Crippen LogP contribution < -0.4 is 0 Å². The van der Waals surface area contributed by atoms with Gasteiger partial charge in [-0.05, 0) is 109 Å². The maximum Gasteiger partial charge on any atom is 0.472 e. The van der Waals surface area contributed by atoms with Gasteiger partial charge in [0.15, 0.2) is 6.10 Å². The van der Waals surface area contributed by atoms with Crippen molar-refractivity contribution in [3.63, 3.8) is 0 Å². The van der Waals surface area contributed by atoms with Crippen molar-refractivity contribution in [1.82, 2.24) is 0 Å². The van der Waals surface area contributed by atoms with Gasteiger partial charge < -0.3 is 18.9 Å². The molecule has 0 heterocycles. The van der Waals surface area contributed by atoms with Gasteiger partial charge in [0.05, 0.1) is 27.7 Å². The average Bonchev–Trinajstić information content (AvgIpc) is 3.31. The number of carbonyl (C=O) groups excluding carboxylic acids is 2. The summed E-state index contributed by atoms with van der Waals surface area (Å²) in [6.07, 6.45) is 71.0. The zero-order valence-corrected chi connectivity index (χ0v) is 44.9. The van der Waals surface area contributed by atoms with E-state index in [1.807, 2.05) is 21.1 Å². The van der Waals surface area contributed by atoms with Crippen LogP contribution in [-0.2, 0) is 32.7 Å². The number of quaternary nitrogens is 1. The molecule has 69 heavy (non-hydrogen) atoms. The van der Waals surface area contributed by atoms with Crippen molar-refractivity contribution in [3.05, 3.63) is 134 Å². The summed E-state index contributed by atoms with van der Waals surface area (Å²) in [5, 5.41) is 0. The van der Waals surface area contributed by atoms with E-state index in [2.05, 4.69) is 148 Å². The molecule has 0 aliphatic heterocycles. The van der Waals surface area contributed by atoms with E-state index in [0.717, 1.165) is 135 Å². The first-order chi connectivity index (χ1) is 33.5. The monoisotopic (exact) mass is 979 g/mol. The third-order valence-corrected chi connectivity index (χ3v) is 11.4. The lowest BCUT2D eigenvalue weighted by molar-refractivity contribution is -0.870. The molecule has 0 aromatic heterocycles. The molecule has 0 rings (SSSR count). The van der Waals surface area contributed by atoms with Crippen LogP contribution in [0.3, 0.4) is 0 Å². The quantitative estimate of drug-likeness (QED) is 0.0211. The van der Waals surface area contributed by atoms with Crippen LogP contribution in [0.25, 0.3) is 0 Å². The van der Waals surface area contributed by atoms with Gasteiger partial charge in [-0.25, -0.2) is 4.57 Å². The Morgan fingerprint density at radius 2 is 0.826 bits per heavy atom. The Kier molecular flexibility index (Phi) is 46.4. The number of nitrogens with zero attached hydrogens (tertiary/aromatic N) is 1. The van der Waals surface area contributed by atoms with Crippen molar-refractivity contribution >= 4 is 19.8 Å². The summed E-state index contributed by atoms with van der Waals surface area (Å²) in [6, 6.07) is 0. The van der Waals surface area contributed by atoms with Crippen LogP contribution >= 0.6 is 7.82 Å². The highest BCUT2D eigenvalue weighted by Crippen LogP contribution is 2.43. The van der Waals surface area contributed by atoms with Gasteiger partial charge in [0.1, 0.15) is 19.8 Å². The van der Waals surface area contributed by atoms with Crippen molar-refractivity contribution in [3.8, 4) is 0 Å². The standard InChI is InChI=1S/C59H96NO8P/c1-6-8-10-12-14-16-18-19-20-21-22-23-24-25-26-27-28-29-30-31-32-33-34-35-36-37-38-39-40-41-42-44-46-48-50-52-59(62)68-57(56-67-69(63,64)66-54-53-60(3,4)5)55-65-58(61)51-49-47-45-43-17-15-13-11-9-7-2/h8,10-11,13-14,16,19-20,22-23,25-26,28-29,31-32,34-35,37-38,40-41,57H,6-7,9,12,15,17-18,21,24,27,30,33,36,39,42-56H2,1-5H3/p+1/b10-8-,13-11-,16-14-,20-19-,23-22-,26-25-,29-28-,32-31-,35-34-,38-37-,41-40-. The van der Waals surface area contributed by atoms with Crippen LogP contribution in [0.15, 0.2) is 134 Å². The molecule has 0 amide bonds. The first-order valence-electron chi connectivity index (χ1n) is 26.4. The van der Waals surface area contributed by atoms with Crippen molar-refractivity contribution in [1.29, 1.82) is 0 Å². The minimum atomic E-state index is -4.40. The second-order valence-corrected chi connectivity index (χ2v) is 19.6. The summed E-state index contributed by atoms with van der Waals surface area (Å²) in [6.45, 7) is 4.17. The van der Waals surface area contributed by atoms with Crippen LogP contribution in [0.5, 0.6) is 0 Å². The van der Waals surface area contributed by atoms with Crippen molar-refractivity contribution in [2.24, 2.45) is 0 Å². The number of phosphoric acid groups is 1. The zero-order chi connectivity index (χ0) is 50.6. The lowest BCUT2D eigenvalue weighted by atomic mass is 10.1. The fraction of sp³-hybridized carbons (Fsp3) is 0.593. The Hall–Kier alpha value is -3.85. The van der Waals surface area contributed by atoms with Gasteiger partial charge in [-0.1, -0.05) is 186 Å². The first-order valence-corrected chi connectivity index (χ1v) is 27.9. The largest absolute Gasteiger partial charge is 0.472 e. The minimum Gasteiger partial charge on any atom is -0.462 e. The third kappa shape index (κ3) is 53.4. The second kappa shape index (κ2) is 49.1. The van der Waals surface area contributed by atoms with Crippen molar-refractivity contribution < 1.29 is 42.1 Å². The molecule has 0 aliphatic rings. The van der Waals surface area contributed by atoms with Gasteiger partial charge in [0, 0.05) is 12.8 Å². The molecule has 2 unspecified atom stereocenters. The van der Waals surface area contributed by atoms with E-state index in [4.69, 9.17) is 18.5 Å². The van der Waals surface area contributed by atoms with Crippen molar-refractivity contribution in [2.75, 3.05) is 47.5 Å². The lowest BCUT2D eigenvalue weighted by Crippen LogP contribution is -2.37. The molecule has 0 aromatic rings. The number of ether oxygens (including phenoxy) is 2. The number of likely N-dealkylation sites (N-methyl/N-ethyl adjacent to an activating group) is 1. The summed E-state index contributed by atoms with van der Waals surface area (Å²) in [5.41, 5.74) is 0. The number of carbonyl (C=O) groups is 2. The van der Waals surface area contributed by atoms with Crippen LogP contribution in [0.1, 0.15) is 174 Å². The van der Waals surface area contributed by atoms with E-state index in [0.29, 0.717) is 17.4 Å². The third-order valence-electron chi connectivity index (χ3n) is 10.4. The number of hydrogen-bond donors (Lipinski definition) is 1. The Morgan fingerprint density at radius 1 is 0.464 bits per heavy atom. The summed E-state index contributed by atoms with van der Waals surface area (Å²) < 4.78 is 34.3. The predicted molar refractivity (Wildman–Crippen MR) is 293 cm³/mol. The van der Waals surface area contributed by atoms with E-state index in [9.17, 15) is 19.0 Å². The summed E-state index contributed by atoms with van der Waals surface area (Å²) in [5.74, 6) is -0.854. The van der Waals surface area contributed by atoms with Crippen LogP contribution in [0.4, 0.5) is 0 Å². The summed E-state index contributed by atoms with van der Waals surface area (Å²) >= 11 is 0. The van der Waals surface area contributed by atoms with Crippen molar-refractivity contribution in [2.45, 2.75) is 180 Å². The minimum absolute atomic E-state index is 0.0176. The van der Waals surface area contributed by atoms with E-state index in [1.165, 1.54) is 6.42 Å². The molecule has 0 fully saturated rings. The molecule has 1 N–H and O–H groups in total. The molecule has 390 valence electrons. The zero-order valence-electron chi connectivity index (χ0n) is 44.0. The molecular weight excluding hydrogens is 882 g/mol. The normalized spacial score (nSPS) is 14.5. The van der Waals surface area contributed by atoms with Gasteiger partial charge >= 0.3 is 19.8 Å². The molecule has 0 aliphatic carbocycles. The summed E-state index contributed by atoms with van der Waals surface area (Å²) in [7, 11) is 1.43. The molecule has 9 nitrogen and oxygen atoms in total. The number of rotatable bonds is 46. The Bertz CT molecular complexity index is 1620. The SMILES string of the molecule is CC/C=C\C/C=C\C/C=C\C/C=C\C/C=C\C/C=C\C/C=C\C/C=C\C/C=C\C/C=C\CCCCCCC(=O)OC(COC(=O)CCCCCCC/C=C\CCC)COP(=O)(O)OCC[N+](C)(C)C. The Morgan fingerprint density at radius 3 is 1.25 bits per heavy atom. The van der Waals surface area contributed by atoms with Gasteiger partial charge in [0.2, 0.25) is 0 Å². The van der Waals surface area contributed by atoms with Crippen LogP contribution in [-0.4, -0.2) is 74.9 Å². The van der Waals surface area contributed by atoms with E-state index < -0.39 is 32.5 Å². The number of phosphoric ester groups is 1. The molecule has 0 radical (unpaired) electrons. The molecule has 2 atom stereocenters. The maximum atomic E-state index is 12.7.